The van der Waals surface area contributed by atoms with Gasteiger partial charge >= 0.3 is 0 Å². The third-order valence-electron chi connectivity index (χ3n) is 9.50. The van der Waals surface area contributed by atoms with E-state index in [0.717, 1.165) is 37.8 Å². The molecule has 40 heavy (non-hydrogen) atoms. The molecule has 1 aromatic rings. The van der Waals surface area contributed by atoms with Gasteiger partial charge in [0.05, 0.1) is 18.7 Å². The maximum absolute atomic E-state index is 13.8. The van der Waals surface area contributed by atoms with E-state index >= 15 is 0 Å². The summed E-state index contributed by atoms with van der Waals surface area (Å²) in [4.78, 5) is 40.9. The van der Waals surface area contributed by atoms with Gasteiger partial charge in [-0.2, -0.15) is 0 Å². The fourth-order valence-corrected chi connectivity index (χ4v) is 7.60. The van der Waals surface area contributed by atoms with E-state index in [9.17, 15) is 34.8 Å². The van der Waals surface area contributed by atoms with Gasteiger partial charge in [0.15, 0.2) is 11.4 Å². The van der Waals surface area contributed by atoms with Crippen molar-refractivity contribution in [3.05, 3.63) is 39.7 Å². The molecule has 0 bridgehead atoms. The third kappa shape index (κ3) is 3.71. The molecular weight excluding hydrogens is 518 g/mol. The summed E-state index contributed by atoms with van der Waals surface area (Å²) >= 11 is 0. The predicted molar refractivity (Wildman–Crippen MR) is 144 cm³/mol. The van der Waals surface area contributed by atoms with Crippen molar-refractivity contribution in [2.24, 2.45) is 23.3 Å². The molecule has 8 N–H and O–H groups in total. The summed E-state index contributed by atoms with van der Waals surface area (Å²) in [7, 11) is 1.53. The van der Waals surface area contributed by atoms with Gasteiger partial charge in [-0.25, -0.2) is 0 Å². The minimum absolute atomic E-state index is 0.000317. The largest absolute Gasteiger partial charge is 0.508 e. The number of amides is 1. The molecule has 0 aromatic heterocycles. The number of benzene rings is 1. The number of primary amides is 1. The summed E-state index contributed by atoms with van der Waals surface area (Å²) < 4.78 is 5.90. The first kappa shape index (κ1) is 28.1. The fourth-order valence-electron chi connectivity index (χ4n) is 7.60. The minimum atomic E-state index is -2.73. The summed E-state index contributed by atoms with van der Waals surface area (Å²) in [5, 5.41) is 44.9. The molecule has 5 rings (SSSR count). The second-order valence-electron chi connectivity index (χ2n) is 11.3. The zero-order valence-corrected chi connectivity index (χ0v) is 22.9. The highest BCUT2D eigenvalue weighted by Crippen LogP contribution is 2.54. The number of aliphatic hydroxyl groups is 3. The number of carbonyl (C=O) groups is 3. The Kier molecular flexibility index (Phi) is 6.96. The molecule has 1 saturated carbocycles. The second-order valence-corrected chi connectivity index (χ2v) is 11.3. The summed E-state index contributed by atoms with van der Waals surface area (Å²) in [6.07, 6.45) is 3.92. The van der Waals surface area contributed by atoms with Crippen LogP contribution in [0.1, 0.15) is 68.7 Å². The van der Waals surface area contributed by atoms with Crippen LogP contribution in [0.25, 0.3) is 5.76 Å². The lowest BCUT2D eigenvalue weighted by Gasteiger charge is -2.48. The van der Waals surface area contributed by atoms with Crippen LogP contribution in [-0.2, 0) is 20.8 Å². The Bertz CT molecular complexity index is 1360. The van der Waals surface area contributed by atoms with Gasteiger partial charge in [-0.3, -0.25) is 19.3 Å². The first-order valence-electron chi connectivity index (χ1n) is 13.9. The highest BCUT2D eigenvalue weighted by Gasteiger charge is 2.63. The minimum Gasteiger partial charge on any atom is -0.508 e. The van der Waals surface area contributed by atoms with Gasteiger partial charge < -0.3 is 36.6 Å². The Hall–Kier alpha value is -3.41. The Morgan fingerprint density at radius 3 is 2.50 bits per heavy atom. The lowest BCUT2D eigenvalue weighted by Crippen LogP contribution is -2.65. The maximum Gasteiger partial charge on any atom is 0.255 e. The number of aliphatic hydroxyl groups excluding tert-OH is 2. The first-order valence-corrected chi connectivity index (χ1v) is 13.9. The number of rotatable bonds is 6. The van der Waals surface area contributed by atoms with Gasteiger partial charge in [-0.1, -0.05) is 13.8 Å². The zero-order chi connectivity index (χ0) is 29.3. The summed E-state index contributed by atoms with van der Waals surface area (Å²) in [6, 6.07) is 0.453. The molecule has 1 aliphatic heterocycles. The highest BCUT2D eigenvalue weighted by molar-refractivity contribution is 6.24. The van der Waals surface area contributed by atoms with E-state index in [4.69, 9.17) is 16.2 Å². The number of likely N-dealkylation sites (tertiary alicyclic amines) is 1. The quantitative estimate of drug-likeness (QED) is 0.281. The van der Waals surface area contributed by atoms with E-state index in [2.05, 4.69) is 18.7 Å². The molecule has 0 spiro atoms. The van der Waals surface area contributed by atoms with Crippen molar-refractivity contribution in [1.82, 2.24) is 4.90 Å². The zero-order valence-electron chi connectivity index (χ0n) is 22.9. The van der Waals surface area contributed by atoms with Gasteiger partial charge in [0, 0.05) is 34.7 Å². The van der Waals surface area contributed by atoms with Crippen LogP contribution in [0.3, 0.4) is 0 Å². The number of fused-ring (bicyclic) bond motifs is 3. The van der Waals surface area contributed by atoms with E-state index in [1.54, 1.807) is 6.07 Å². The average Bonchev–Trinajstić information content (AvgIpc) is 3.39. The molecule has 1 saturated heterocycles. The number of Topliss-reactive ketones (excluding diaryl/α,β-unsaturated/α-hetero) is 2. The molecule has 0 unspecified atom stereocenters. The fraction of sp³-hybridized carbons (Fsp3) is 0.552. The predicted octanol–water partition coefficient (Wildman–Crippen LogP) is 1.70. The number of phenolic OH excluding ortho intramolecular Hbond substituents is 1. The van der Waals surface area contributed by atoms with Gasteiger partial charge in [0.2, 0.25) is 5.78 Å². The summed E-state index contributed by atoms with van der Waals surface area (Å²) in [5.41, 5.74) is 8.84. The molecule has 11 heteroatoms. The lowest BCUT2D eigenvalue weighted by molar-refractivity contribution is -0.149. The van der Waals surface area contributed by atoms with Gasteiger partial charge in [0.1, 0.15) is 28.6 Å². The number of hydrogen-bond donors (Lipinski definition) is 6. The normalized spacial score (nSPS) is 30.4. The van der Waals surface area contributed by atoms with Crippen molar-refractivity contribution in [2.75, 3.05) is 13.7 Å². The van der Waals surface area contributed by atoms with Crippen LogP contribution in [0.15, 0.2) is 23.0 Å². The van der Waals surface area contributed by atoms with Crippen LogP contribution in [0.4, 0.5) is 0 Å². The van der Waals surface area contributed by atoms with Crippen molar-refractivity contribution in [2.45, 2.75) is 76.1 Å². The summed E-state index contributed by atoms with van der Waals surface area (Å²) in [5.74, 6) is -6.77. The molecule has 1 amide bonds. The Morgan fingerprint density at radius 1 is 1.23 bits per heavy atom. The number of aromatic hydroxyl groups is 1. The molecule has 3 aliphatic carbocycles. The molecule has 4 aliphatic rings. The van der Waals surface area contributed by atoms with Crippen molar-refractivity contribution in [1.29, 1.82) is 0 Å². The molecule has 0 radical (unpaired) electrons. The number of hydrogen-bond acceptors (Lipinski definition) is 10. The van der Waals surface area contributed by atoms with Crippen LogP contribution in [0.5, 0.6) is 11.5 Å². The smallest absolute Gasteiger partial charge is 0.255 e. The number of carbonyl (C=O) groups excluding carboxylic acids is 3. The Labute approximate surface area is 232 Å². The van der Waals surface area contributed by atoms with Crippen LogP contribution in [0.2, 0.25) is 0 Å². The molecule has 5 atom stereocenters. The van der Waals surface area contributed by atoms with Crippen LogP contribution >= 0.6 is 0 Å². The molecule has 216 valence electrons. The van der Waals surface area contributed by atoms with Crippen molar-refractivity contribution in [3.8, 4) is 11.5 Å². The van der Waals surface area contributed by atoms with Gasteiger partial charge in [-0.15, -0.1) is 0 Å². The monoisotopic (exact) mass is 555 g/mol. The SMILES string of the molecule is CCC(CC)N1CCC[C@H]1c1cc(O)c2c(c1OC)C[C@H]1C[C@H]3[C@H](N)C(=O)C(C(N)=O)=C(O)[C@@]3(O)C(=O)C1=C2O. The van der Waals surface area contributed by atoms with Gasteiger partial charge in [0.25, 0.3) is 5.91 Å². The first-order chi connectivity index (χ1) is 18.9. The number of ether oxygens (including phenoxy) is 1. The van der Waals surface area contributed by atoms with Crippen LogP contribution in [-0.4, -0.2) is 74.1 Å². The third-order valence-corrected chi connectivity index (χ3v) is 9.50. The topological polar surface area (TPSA) is 197 Å². The molecule has 1 aromatic carbocycles. The maximum atomic E-state index is 13.8. The lowest BCUT2D eigenvalue weighted by atomic mass is 9.58. The molecule has 2 fully saturated rings. The molecular formula is C29H37N3O8. The van der Waals surface area contributed by atoms with E-state index < -0.39 is 58.0 Å². The van der Waals surface area contributed by atoms with Crippen molar-refractivity contribution >= 4 is 23.2 Å². The van der Waals surface area contributed by atoms with Crippen molar-refractivity contribution < 1.29 is 39.5 Å². The van der Waals surface area contributed by atoms with E-state index in [-0.39, 0.29) is 35.8 Å². The van der Waals surface area contributed by atoms with E-state index in [1.165, 1.54) is 7.11 Å². The number of nitrogens with two attached hydrogens (primary N) is 2. The number of nitrogens with zero attached hydrogens (tertiary/aromatic N) is 1. The van der Waals surface area contributed by atoms with Crippen molar-refractivity contribution in [3.63, 3.8) is 0 Å². The standard InChI is InChI=1S/C29H37N3O8/c1-4-13(5-2)32-8-6-7-17(32)14-11-18(33)20-15(25(14)40-3)9-12-10-16-22(30)24(35)21(28(31)38)27(37)29(16,39)26(36)19(12)23(20)34/h11-13,16-17,22,33-34,37,39H,4-10,30H2,1-3H3,(H2,31,38)/t12-,16-,17-,22-,29-/m0/s1. The number of methoxy groups -OCH3 is 1. The highest BCUT2D eigenvalue weighted by atomic mass is 16.5. The summed E-state index contributed by atoms with van der Waals surface area (Å²) in [6.45, 7) is 5.22. The average molecular weight is 556 g/mol. The molecule has 11 nitrogen and oxygen atoms in total. The van der Waals surface area contributed by atoms with Crippen LogP contribution in [0, 0.1) is 11.8 Å². The Morgan fingerprint density at radius 2 is 1.90 bits per heavy atom. The van der Waals surface area contributed by atoms with Gasteiger partial charge in [-0.05, 0) is 57.1 Å². The second kappa shape index (κ2) is 9.90. The number of phenols is 1. The molecule has 1 heterocycles. The number of ketones is 2. The van der Waals surface area contributed by atoms with E-state index in [1.807, 2.05) is 0 Å². The van der Waals surface area contributed by atoms with E-state index in [0.29, 0.717) is 17.4 Å². The van der Waals surface area contributed by atoms with Crippen LogP contribution < -0.4 is 16.2 Å². The Balaban J connectivity index is 1.67.